The van der Waals surface area contributed by atoms with Gasteiger partial charge in [-0.3, -0.25) is 14.4 Å². The quantitative estimate of drug-likeness (QED) is 0.866. The van der Waals surface area contributed by atoms with Crippen molar-refractivity contribution in [3.8, 4) is 0 Å². The lowest BCUT2D eigenvalue weighted by Gasteiger charge is -2.20. The van der Waals surface area contributed by atoms with E-state index in [0.717, 1.165) is 5.56 Å². The molecule has 0 aromatic heterocycles. The fraction of sp³-hybridized carbons (Fsp3) is 0.429. The van der Waals surface area contributed by atoms with E-state index in [9.17, 15) is 9.59 Å². The fourth-order valence-corrected chi connectivity index (χ4v) is 2.02. The van der Waals surface area contributed by atoms with E-state index in [0.29, 0.717) is 5.02 Å². The maximum Gasteiger partial charge on any atom is 0.308 e. The first kappa shape index (κ1) is 14.8. The van der Waals surface area contributed by atoms with Gasteiger partial charge in [-0.15, -0.1) is 0 Å². The minimum absolute atomic E-state index is 0.0101. The Morgan fingerprint density at radius 3 is 2.75 bits per heavy atom. The molecule has 5 nitrogen and oxygen atoms in total. The molecule has 1 aromatic rings. The molecule has 6 heteroatoms. The zero-order valence-corrected chi connectivity index (χ0v) is 12.1. The fourth-order valence-electron chi connectivity index (χ4n) is 1.83. The van der Waals surface area contributed by atoms with Gasteiger partial charge in [-0.2, -0.15) is 0 Å². The minimum atomic E-state index is -0.747. The highest BCUT2D eigenvalue weighted by molar-refractivity contribution is 6.31. The third-order valence-corrected chi connectivity index (χ3v) is 3.75. The summed E-state index contributed by atoms with van der Waals surface area (Å²) in [6, 6.07) is 7.15. The van der Waals surface area contributed by atoms with Gasteiger partial charge in [0.2, 0.25) is 0 Å². The Kier molecular flexibility index (Phi) is 4.30. The molecule has 1 heterocycles. The summed E-state index contributed by atoms with van der Waals surface area (Å²) in [5.74, 6) is -0.666. The summed E-state index contributed by atoms with van der Waals surface area (Å²) < 4.78 is 5.16. The molecule has 20 heavy (non-hydrogen) atoms. The van der Waals surface area contributed by atoms with Crippen molar-refractivity contribution >= 4 is 23.5 Å². The molecule has 0 radical (unpaired) electrons. The molecular weight excluding hydrogens is 282 g/mol. The summed E-state index contributed by atoms with van der Waals surface area (Å²) in [7, 11) is 0. The number of carbonyl (C=O) groups is 2. The van der Waals surface area contributed by atoms with E-state index in [2.05, 4.69) is 5.48 Å². The molecule has 1 unspecified atom stereocenters. The predicted octanol–water partition coefficient (Wildman–Crippen LogP) is 2.23. The molecule has 0 saturated carbocycles. The zero-order valence-electron chi connectivity index (χ0n) is 11.3. The summed E-state index contributed by atoms with van der Waals surface area (Å²) in [6.45, 7) is 3.55. The van der Waals surface area contributed by atoms with Crippen LogP contribution in [0.1, 0.15) is 25.8 Å². The third kappa shape index (κ3) is 3.11. The summed E-state index contributed by atoms with van der Waals surface area (Å²) in [5, 5.41) is 0.551. The van der Waals surface area contributed by atoms with Crippen LogP contribution in [-0.2, 0) is 25.8 Å². The van der Waals surface area contributed by atoms with E-state index in [1.807, 2.05) is 6.07 Å². The molecule has 1 atom stereocenters. The number of ether oxygens (including phenoxy) is 1. The predicted molar refractivity (Wildman–Crippen MR) is 72.7 cm³/mol. The second kappa shape index (κ2) is 5.81. The van der Waals surface area contributed by atoms with Crippen LogP contribution in [0.15, 0.2) is 24.3 Å². The van der Waals surface area contributed by atoms with Crippen LogP contribution >= 0.6 is 11.6 Å². The Morgan fingerprint density at radius 1 is 1.45 bits per heavy atom. The van der Waals surface area contributed by atoms with Crippen LogP contribution in [0.3, 0.4) is 0 Å². The van der Waals surface area contributed by atoms with E-state index in [4.69, 9.17) is 21.2 Å². The second-order valence-electron chi connectivity index (χ2n) is 5.22. The van der Waals surface area contributed by atoms with Crippen molar-refractivity contribution in [2.45, 2.75) is 33.0 Å². The van der Waals surface area contributed by atoms with Crippen LogP contribution in [0.25, 0.3) is 0 Å². The highest BCUT2D eigenvalue weighted by Crippen LogP contribution is 2.30. The Bertz CT molecular complexity index is 530. The molecule has 0 spiro atoms. The van der Waals surface area contributed by atoms with Gasteiger partial charge >= 0.3 is 5.97 Å². The Hall–Kier alpha value is -1.59. The summed E-state index contributed by atoms with van der Waals surface area (Å²) in [4.78, 5) is 28.4. The summed E-state index contributed by atoms with van der Waals surface area (Å²) in [6.07, 6.45) is -0.523. The second-order valence-corrected chi connectivity index (χ2v) is 5.62. The van der Waals surface area contributed by atoms with Gasteiger partial charge in [0.1, 0.15) is 12.7 Å². The van der Waals surface area contributed by atoms with Crippen LogP contribution in [0.5, 0.6) is 0 Å². The highest BCUT2D eigenvalue weighted by Gasteiger charge is 2.45. The molecule has 1 saturated heterocycles. The van der Waals surface area contributed by atoms with E-state index in [1.165, 1.54) is 0 Å². The number of halogens is 1. The van der Waals surface area contributed by atoms with Crippen molar-refractivity contribution in [2.24, 2.45) is 5.41 Å². The van der Waals surface area contributed by atoms with Crippen molar-refractivity contribution in [1.29, 1.82) is 0 Å². The van der Waals surface area contributed by atoms with Gasteiger partial charge in [-0.1, -0.05) is 29.8 Å². The van der Waals surface area contributed by atoms with Crippen LogP contribution in [0.2, 0.25) is 5.02 Å². The number of hydroxylamine groups is 1. The van der Waals surface area contributed by atoms with Crippen molar-refractivity contribution in [3.63, 3.8) is 0 Å². The average Bonchev–Trinajstić information content (AvgIpc) is 2.65. The number of amides is 1. The molecule has 1 aliphatic heterocycles. The van der Waals surface area contributed by atoms with E-state index < -0.39 is 17.5 Å². The maximum atomic E-state index is 11.8. The van der Waals surface area contributed by atoms with Crippen LogP contribution < -0.4 is 5.48 Å². The van der Waals surface area contributed by atoms with Crippen LogP contribution in [0.4, 0.5) is 0 Å². The van der Waals surface area contributed by atoms with Gasteiger partial charge in [-0.05, 0) is 19.9 Å². The van der Waals surface area contributed by atoms with Gasteiger partial charge in [-0.25, -0.2) is 5.48 Å². The first-order valence-electron chi connectivity index (χ1n) is 6.26. The van der Waals surface area contributed by atoms with Gasteiger partial charge < -0.3 is 4.74 Å². The lowest BCUT2D eigenvalue weighted by Crippen LogP contribution is -2.33. The lowest BCUT2D eigenvalue weighted by atomic mass is 9.85. The number of benzene rings is 1. The SMILES string of the molecule is CC1(C)C(=O)NOC1CC(=O)OCc1ccccc1Cl. The van der Waals surface area contributed by atoms with Crippen LogP contribution in [0, 0.1) is 5.41 Å². The maximum absolute atomic E-state index is 11.8. The smallest absolute Gasteiger partial charge is 0.308 e. The van der Waals surface area contributed by atoms with E-state index >= 15 is 0 Å². The van der Waals surface area contributed by atoms with Crippen LogP contribution in [-0.4, -0.2) is 18.0 Å². The minimum Gasteiger partial charge on any atom is -0.461 e. The third-order valence-electron chi connectivity index (χ3n) is 3.38. The highest BCUT2D eigenvalue weighted by atomic mass is 35.5. The first-order chi connectivity index (χ1) is 9.41. The summed E-state index contributed by atoms with van der Waals surface area (Å²) >= 11 is 5.97. The largest absolute Gasteiger partial charge is 0.461 e. The topological polar surface area (TPSA) is 64.6 Å². The number of esters is 1. The molecule has 0 bridgehead atoms. The molecule has 1 aliphatic rings. The van der Waals surface area contributed by atoms with Gasteiger partial charge in [0.05, 0.1) is 11.8 Å². The number of nitrogens with one attached hydrogen (secondary N) is 1. The van der Waals surface area contributed by atoms with Crippen molar-refractivity contribution < 1.29 is 19.2 Å². The molecule has 1 amide bonds. The molecule has 0 aliphatic carbocycles. The molecule has 1 aromatic carbocycles. The average molecular weight is 298 g/mol. The molecule has 2 rings (SSSR count). The van der Waals surface area contributed by atoms with Crippen molar-refractivity contribution in [2.75, 3.05) is 0 Å². The summed E-state index contributed by atoms with van der Waals surface area (Å²) in [5.41, 5.74) is 2.27. The van der Waals surface area contributed by atoms with E-state index in [-0.39, 0.29) is 18.9 Å². The van der Waals surface area contributed by atoms with Gasteiger partial charge in [0.15, 0.2) is 0 Å². The molecule has 1 N–H and O–H groups in total. The molecule has 108 valence electrons. The normalized spacial score (nSPS) is 20.6. The first-order valence-corrected chi connectivity index (χ1v) is 6.64. The number of hydrogen-bond donors (Lipinski definition) is 1. The van der Waals surface area contributed by atoms with E-state index in [1.54, 1.807) is 32.0 Å². The lowest BCUT2D eigenvalue weighted by molar-refractivity contribution is -0.149. The molecule has 1 fully saturated rings. The van der Waals surface area contributed by atoms with Crippen molar-refractivity contribution in [1.82, 2.24) is 5.48 Å². The van der Waals surface area contributed by atoms with Gasteiger partial charge in [0.25, 0.3) is 5.91 Å². The Labute approximate surface area is 122 Å². The monoisotopic (exact) mass is 297 g/mol. The number of carbonyl (C=O) groups excluding carboxylic acids is 2. The standard InChI is InChI=1S/C14H16ClNO4/c1-14(2)11(20-16-13(14)18)7-12(17)19-8-9-5-3-4-6-10(9)15/h3-6,11H,7-8H2,1-2H3,(H,16,18). The number of rotatable bonds is 4. The van der Waals surface area contributed by atoms with Crippen molar-refractivity contribution in [3.05, 3.63) is 34.9 Å². The Balaban J connectivity index is 1.88. The van der Waals surface area contributed by atoms with Gasteiger partial charge in [0, 0.05) is 10.6 Å². The Morgan fingerprint density at radius 2 is 2.15 bits per heavy atom. The zero-order chi connectivity index (χ0) is 14.8. The molecular formula is C14H16ClNO4. The number of hydrogen-bond acceptors (Lipinski definition) is 4.